The molecule has 2 heteroatoms. The van der Waals surface area contributed by atoms with E-state index in [1.807, 2.05) is 7.11 Å². The van der Waals surface area contributed by atoms with Gasteiger partial charge in [0.2, 0.25) is 0 Å². The Morgan fingerprint density at radius 2 is 1.73 bits per heavy atom. The first-order valence-electron chi connectivity index (χ1n) is 9.53. The Morgan fingerprint density at radius 1 is 0.955 bits per heavy atom. The fourth-order valence-electron chi connectivity index (χ4n) is 7.38. The quantitative estimate of drug-likeness (QED) is 0.707. The summed E-state index contributed by atoms with van der Waals surface area (Å²) in [6, 6.07) is 0. The molecule has 4 aliphatic carbocycles. The number of hydrogen-bond acceptors (Lipinski definition) is 2. The predicted molar refractivity (Wildman–Crippen MR) is 87.5 cm³/mol. The van der Waals surface area contributed by atoms with E-state index in [9.17, 15) is 4.79 Å². The molecule has 0 bridgehead atoms. The van der Waals surface area contributed by atoms with Crippen molar-refractivity contribution in [3.05, 3.63) is 0 Å². The highest BCUT2D eigenvalue weighted by Gasteiger charge is 2.60. The maximum atomic E-state index is 11.9. The molecule has 0 aromatic rings. The second-order valence-electron chi connectivity index (χ2n) is 9.25. The largest absolute Gasteiger partial charge is 0.381 e. The Labute approximate surface area is 135 Å². The molecule has 0 heterocycles. The maximum absolute atomic E-state index is 11.9. The summed E-state index contributed by atoms with van der Waals surface area (Å²) in [6.45, 7) is 5.04. The van der Waals surface area contributed by atoms with E-state index < -0.39 is 0 Å². The fourth-order valence-corrected chi connectivity index (χ4v) is 7.38. The monoisotopic (exact) mass is 304 g/mol. The Balaban J connectivity index is 1.62. The zero-order valence-corrected chi connectivity index (χ0v) is 14.6. The van der Waals surface area contributed by atoms with Crippen LogP contribution in [-0.4, -0.2) is 19.0 Å². The summed E-state index contributed by atoms with van der Waals surface area (Å²) >= 11 is 0. The van der Waals surface area contributed by atoms with Crippen LogP contribution in [0.4, 0.5) is 0 Å². The molecule has 2 nitrogen and oxygen atoms in total. The summed E-state index contributed by atoms with van der Waals surface area (Å²) in [6.07, 6.45) is 11.4. The molecule has 0 N–H and O–H groups in total. The zero-order chi connectivity index (χ0) is 15.5. The number of rotatable bonds is 1. The predicted octanol–water partition coefficient (Wildman–Crippen LogP) is 4.61. The lowest BCUT2D eigenvalue weighted by Gasteiger charge is -2.60. The van der Waals surface area contributed by atoms with E-state index in [0.717, 1.165) is 37.0 Å². The third-order valence-corrected chi connectivity index (χ3v) is 8.68. The van der Waals surface area contributed by atoms with E-state index in [2.05, 4.69) is 13.8 Å². The van der Waals surface area contributed by atoms with Crippen molar-refractivity contribution in [2.24, 2.45) is 34.5 Å². The molecule has 0 amide bonds. The van der Waals surface area contributed by atoms with Crippen molar-refractivity contribution in [1.29, 1.82) is 0 Å². The summed E-state index contributed by atoms with van der Waals surface area (Å²) in [4.78, 5) is 11.9. The number of ether oxygens (including phenoxy) is 1. The van der Waals surface area contributed by atoms with Crippen molar-refractivity contribution in [3.8, 4) is 0 Å². The molecular weight excluding hydrogens is 272 g/mol. The number of methoxy groups -OCH3 is 1. The molecule has 7 atom stereocenters. The first-order valence-corrected chi connectivity index (χ1v) is 9.53. The van der Waals surface area contributed by atoms with E-state index in [4.69, 9.17) is 4.74 Å². The molecule has 0 aromatic carbocycles. The summed E-state index contributed by atoms with van der Waals surface area (Å²) in [5, 5.41) is 0. The van der Waals surface area contributed by atoms with Gasteiger partial charge in [0.15, 0.2) is 0 Å². The number of hydrogen-bond donors (Lipinski definition) is 0. The van der Waals surface area contributed by atoms with Crippen LogP contribution in [0.3, 0.4) is 0 Å². The van der Waals surface area contributed by atoms with Crippen LogP contribution in [0.1, 0.15) is 71.6 Å². The van der Waals surface area contributed by atoms with Gasteiger partial charge in [0, 0.05) is 20.0 Å². The standard InChI is InChI=1S/C20H32O2/c1-19-10-8-14(21)12-13(19)4-5-15-16-6-7-18(22-3)20(16,2)11-9-17(15)19/h13,15-18H,4-12H2,1-3H3/t13-,15-,16-,17-,18?,19-,20-/m0/s1. The number of Topliss-reactive ketones (excluding diaryl/α,β-unsaturated/α-hetero) is 1. The van der Waals surface area contributed by atoms with Gasteiger partial charge >= 0.3 is 0 Å². The molecule has 0 spiro atoms. The van der Waals surface area contributed by atoms with Gasteiger partial charge in [-0.1, -0.05) is 13.8 Å². The van der Waals surface area contributed by atoms with Gasteiger partial charge in [0.25, 0.3) is 0 Å². The summed E-state index contributed by atoms with van der Waals surface area (Å²) in [7, 11) is 1.91. The average molecular weight is 304 g/mol. The highest BCUT2D eigenvalue weighted by atomic mass is 16.5. The second-order valence-corrected chi connectivity index (χ2v) is 9.25. The third kappa shape index (κ3) is 1.92. The van der Waals surface area contributed by atoms with E-state index in [-0.39, 0.29) is 0 Å². The van der Waals surface area contributed by atoms with E-state index in [1.54, 1.807) is 0 Å². The minimum atomic E-state index is 0.420. The fraction of sp³-hybridized carbons (Fsp3) is 0.950. The Morgan fingerprint density at radius 3 is 2.50 bits per heavy atom. The molecule has 4 aliphatic rings. The van der Waals surface area contributed by atoms with Crippen LogP contribution in [0, 0.1) is 34.5 Å². The highest BCUT2D eigenvalue weighted by molar-refractivity contribution is 5.79. The maximum Gasteiger partial charge on any atom is 0.133 e. The topological polar surface area (TPSA) is 26.3 Å². The molecule has 4 saturated carbocycles. The minimum absolute atomic E-state index is 0.420. The van der Waals surface area contributed by atoms with Crippen molar-refractivity contribution < 1.29 is 9.53 Å². The average Bonchev–Trinajstić information content (AvgIpc) is 2.84. The smallest absolute Gasteiger partial charge is 0.133 e. The minimum Gasteiger partial charge on any atom is -0.381 e. The molecule has 0 saturated heterocycles. The van der Waals surface area contributed by atoms with Crippen molar-refractivity contribution >= 4 is 5.78 Å². The third-order valence-electron chi connectivity index (χ3n) is 8.68. The number of ketones is 1. The van der Waals surface area contributed by atoms with Gasteiger partial charge < -0.3 is 4.74 Å². The van der Waals surface area contributed by atoms with Crippen LogP contribution in [0.2, 0.25) is 0 Å². The van der Waals surface area contributed by atoms with Crippen LogP contribution in [0.25, 0.3) is 0 Å². The van der Waals surface area contributed by atoms with Crippen molar-refractivity contribution in [2.45, 2.75) is 77.7 Å². The first kappa shape index (κ1) is 15.2. The lowest BCUT2D eigenvalue weighted by molar-refractivity contribution is -0.143. The van der Waals surface area contributed by atoms with Crippen LogP contribution in [0.5, 0.6) is 0 Å². The molecule has 124 valence electrons. The number of carbonyl (C=O) groups excluding carboxylic acids is 1. The van der Waals surface area contributed by atoms with Gasteiger partial charge in [-0.15, -0.1) is 0 Å². The van der Waals surface area contributed by atoms with Crippen molar-refractivity contribution in [3.63, 3.8) is 0 Å². The first-order chi connectivity index (χ1) is 10.5. The van der Waals surface area contributed by atoms with Gasteiger partial charge in [-0.3, -0.25) is 4.79 Å². The van der Waals surface area contributed by atoms with E-state index in [1.165, 1.54) is 38.5 Å². The summed E-state index contributed by atoms with van der Waals surface area (Å²) < 4.78 is 5.86. The summed E-state index contributed by atoms with van der Waals surface area (Å²) in [5.41, 5.74) is 0.868. The molecule has 0 radical (unpaired) electrons. The SMILES string of the molecule is COC1CC[C@H]2[C@@H]3CC[C@H]4CC(=O)CC[C@]4(C)[C@H]3CC[C@]12C. The van der Waals surface area contributed by atoms with Gasteiger partial charge in [-0.05, 0) is 79.4 Å². The molecule has 4 fully saturated rings. The van der Waals surface area contributed by atoms with E-state index >= 15 is 0 Å². The van der Waals surface area contributed by atoms with Crippen LogP contribution < -0.4 is 0 Å². The van der Waals surface area contributed by atoms with Gasteiger partial charge in [-0.25, -0.2) is 0 Å². The van der Waals surface area contributed by atoms with Crippen LogP contribution >= 0.6 is 0 Å². The summed E-state index contributed by atoms with van der Waals surface area (Å²) in [5.74, 6) is 3.84. The zero-order valence-electron chi connectivity index (χ0n) is 14.6. The molecule has 0 aliphatic heterocycles. The Bertz CT molecular complexity index is 472. The van der Waals surface area contributed by atoms with Gasteiger partial charge in [0.1, 0.15) is 5.78 Å². The number of carbonyl (C=O) groups is 1. The molecular formula is C20H32O2. The molecule has 22 heavy (non-hydrogen) atoms. The van der Waals surface area contributed by atoms with Gasteiger partial charge in [0.05, 0.1) is 6.10 Å². The number of fused-ring (bicyclic) bond motifs is 5. The van der Waals surface area contributed by atoms with Crippen LogP contribution in [-0.2, 0) is 9.53 Å². The second kappa shape index (κ2) is 5.06. The van der Waals surface area contributed by atoms with Crippen molar-refractivity contribution in [1.82, 2.24) is 0 Å². The lowest BCUT2D eigenvalue weighted by Crippen LogP contribution is -2.54. The lowest BCUT2D eigenvalue weighted by atomic mass is 9.45. The van der Waals surface area contributed by atoms with Crippen LogP contribution in [0.15, 0.2) is 0 Å². The Kier molecular flexibility index (Phi) is 3.49. The molecule has 1 unspecified atom stereocenters. The van der Waals surface area contributed by atoms with Gasteiger partial charge in [-0.2, -0.15) is 0 Å². The van der Waals surface area contributed by atoms with E-state index in [0.29, 0.717) is 28.6 Å². The normalized spacial score (nSPS) is 54.5. The molecule has 4 rings (SSSR count). The van der Waals surface area contributed by atoms with Crippen molar-refractivity contribution in [2.75, 3.05) is 7.11 Å². The Hall–Kier alpha value is -0.370. The molecule has 0 aromatic heterocycles. The highest BCUT2D eigenvalue weighted by Crippen LogP contribution is 2.66.